The van der Waals surface area contributed by atoms with E-state index in [1.807, 2.05) is 65.2 Å². The van der Waals surface area contributed by atoms with Crippen molar-refractivity contribution in [1.29, 1.82) is 0 Å². The maximum atomic E-state index is 12.8. The molecule has 1 aliphatic rings. The summed E-state index contributed by atoms with van der Waals surface area (Å²) in [7, 11) is 0. The zero-order valence-corrected chi connectivity index (χ0v) is 18.7. The van der Waals surface area contributed by atoms with Crippen LogP contribution in [0.25, 0.3) is 0 Å². The van der Waals surface area contributed by atoms with Crippen molar-refractivity contribution in [3.05, 3.63) is 102 Å². The summed E-state index contributed by atoms with van der Waals surface area (Å²) in [5.41, 5.74) is 3.43. The maximum Gasteiger partial charge on any atom is 0.253 e. The SMILES string of the molecule is O=C(CNC(c1ccccc1)c1ccccc1)Nc1cccc(C(=O)N2CCSCC2)c1. The average Bonchev–Trinajstić information content (AvgIpc) is 2.86. The first-order valence-electron chi connectivity index (χ1n) is 10.8. The first kappa shape index (κ1) is 22.1. The monoisotopic (exact) mass is 445 g/mol. The van der Waals surface area contributed by atoms with Crippen LogP contribution in [-0.4, -0.2) is 47.9 Å². The van der Waals surface area contributed by atoms with E-state index < -0.39 is 0 Å². The third-order valence-electron chi connectivity index (χ3n) is 5.42. The quantitative estimate of drug-likeness (QED) is 0.572. The first-order valence-corrected chi connectivity index (χ1v) is 12.0. The molecule has 2 N–H and O–H groups in total. The highest BCUT2D eigenvalue weighted by Crippen LogP contribution is 2.21. The van der Waals surface area contributed by atoms with E-state index in [0.29, 0.717) is 11.3 Å². The van der Waals surface area contributed by atoms with E-state index in [9.17, 15) is 9.59 Å². The molecule has 0 bridgehead atoms. The molecule has 0 unspecified atom stereocenters. The summed E-state index contributed by atoms with van der Waals surface area (Å²) in [5, 5.41) is 6.29. The summed E-state index contributed by atoms with van der Waals surface area (Å²) in [5.74, 6) is 1.81. The molecule has 32 heavy (non-hydrogen) atoms. The van der Waals surface area contributed by atoms with Crippen LogP contribution < -0.4 is 10.6 Å². The van der Waals surface area contributed by atoms with Gasteiger partial charge in [-0.2, -0.15) is 11.8 Å². The van der Waals surface area contributed by atoms with Crippen LogP contribution in [0.3, 0.4) is 0 Å². The predicted molar refractivity (Wildman–Crippen MR) is 131 cm³/mol. The van der Waals surface area contributed by atoms with Gasteiger partial charge in [0.05, 0.1) is 12.6 Å². The molecule has 0 aromatic heterocycles. The molecule has 164 valence electrons. The van der Waals surface area contributed by atoms with Crippen LogP contribution in [0.5, 0.6) is 0 Å². The topological polar surface area (TPSA) is 61.4 Å². The predicted octanol–water partition coefficient (Wildman–Crippen LogP) is 4.19. The zero-order valence-electron chi connectivity index (χ0n) is 17.9. The van der Waals surface area contributed by atoms with Gasteiger partial charge in [-0.1, -0.05) is 66.7 Å². The number of amides is 2. The molecule has 0 saturated carbocycles. The van der Waals surface area contributed by atoms with Crippen LogP contribution in [0.1, 0.15) is 27.5 Å². The molecule has 1 aliphatic heterocycles. The summed E-state index contributed by atoms with van der Waals surface area (Å²) in [6, 6.07) is 27.3. The van der Waals surface area contributed by atoms with Crippen LogP contribution in [-0.2, 0) is 4.79 Å². The number of benzene rings is 3. The van der Waals surface area contributed by atoms with Gasteiger partial charge in [-0.05, 0) is 29.3 Å². The lowest BCUT2D eigenvalue weighted by atomic mass is 9.99. The lowest BCUT2D eigenvalue weighted by Crippen LogP contribution is -2.37. The number of anilines is 1. The van der Waals surface area contributed by atoms with Crippen molar-refractivity contribution in [3.8, 4) is 0 Å². The second kappa shape index (κ2) is 11.0. The molecule has 6 heteroatoms. The van der Waals surface area contributed by atoms with Gasteiger partial charge in [0.1, 0.15) is 0 Å². The van der Waals surface area contributed by atoms with E-state index in [0.717, 1.165) is 35.7 Å². The smallest absolute Gasteiger partial charge is 0.253 e. The van der Waals surface area contributed by atoms with Crippen molar-refractivity contribution >= 4 is 29.3 Å². The second-order valence-corrected chi connectivity index (χ2v) is 8.89. The number of hydrogen-bond donors (Lipinski definition) is 2. The molecule has 0 atom stereocenters. The second-order valence-electron chi connectivity index (χ2n) is 7.67. The molecule has 0 aliphatic carbocycles. The Morgan fingerprint density at radius 3 is 2.09 bits per heavy atom. The summed E-state index contributed by atoms with van der Waals surface area (Å²) in [4.78, 5) is 27.3. The van der Waals surface area contributed by atoms with Gasteiger partial charge in [-0.3, -0.25) is 14.9 Å². The highest BCUT2D eigenvalue weighted by atomic mass is 32.2. The van der Waals surface area contributed by atoms with E-state index in [-0.39, 0.29) is 24.4 Å². The number of nitrogens with one attached hydrogen (secondary N) is 2. The molecule has 4 rings (SSSR count). The summed E-state index contributed by atoms with van der Waals surface area (Å²) in [6.45, 7) is 1.69. The van der Waals surface area contributed by atoms with Crippen LogP contribution in [0, 0.1) is 0 Å². The third kappa shape index (κ3) is 5.78. The van der Waals surface area contributed by atoms with Crippen LogP contribution in [0.4, 0.5) is 5.69 Å². The fourth-order valence-electron chi connectivity index (χ4n) is 3.80. The highest BCUT2D eigenvalue weighted by molar-refractivity contribution is 7.99. The molecule has 0 spiro atoms. The summed E-state index contributed by atoms with van der Waals surface area (Å²) < 4.78 is 0. The van der Waals surface area contributed by atoms with E-state index >= 15 is 0 Å². The standard InChI is InChI=1S/C26H27N3O2S/c30-24(19-27-25(20-8-3-1-4-9-20)21-10-5-2-6-11-21)28-23-13-7-12-22(18-23)26(31)29-14-16-32-17-15-29/h1-13,18,25,27H,14-17,19H2,(H,28,30). The number of carbonyl (C=O) groups excluding carboxylic acids is 2. The summed E-state index contributed by atoms with van der Waals surface area (Å²) >= 11 is 1.87. The Labute approximate surface area is 193 Å². The van der Waals surface area contributed by atoms with Gasteiger partial charge in [0.25, 0.3) is 5.91 Å². The Morgan fingerprint density at radius 2 is 1.47 bits per heavy atom. The van der Waals surface area contributed by atoms with Gasteiger partial charge in [0.15, 0.2) is 0 Å². The molecule has 3 aromatic carbocycles. The summed E-state index contributed by atoms with van der Waals surface area (Å²) in [6.07, 6.45) is 0. The lowest BCUT2D eigenvalue weighted by molar-refractivity contribution is -0.115. The Morgan fingerprint density at radius 1 is 0.844 bits per heavy atom. The maximum absolute atomic E-state index is 12.8. The van der Waals surface area contributed by atoms with Crippen molar-refractivity contribution in [2.24, 2.45) is 0 Å². The fourth-order valence-corrected chi connectivity index (χ4v) is 4.70. The number of rotatable bonds is 7. The number of nitrogens with zero attached hydrogens (tertiary/aromatic N) is 1. The minimum atomic E-state index is -0.152. The van der Waals surface area contributed by atoms with Crippen molar-refractivity contribution in [2.45, 2.75) is 6.04 Å². The van der Waals surface area contributed by atoms with Gasteiger partial charge in [0.2, 0.25) is 5.91 Å². The molecule has 1 fully saturated rings. The Kier molecular flexibility index (Phi) is 7.59. The van der Waals surface area contributed by atoms with Crippen molar-refractivity contribution in [2.75, 3.05) is 36.5 Å². The number of thioether (sulfide) groups is 1. The lowest BCUT2D eigenvalue weighted by Gasteiger charge is -2.26. The van der Waals surface area contributed by atoms with Gasteiger partial charge in [-0.15, -0.1) is 0 Å². The Balaban J connectivity index is 1.40. The largest absolute Gasteiger partial charge is 0.337 e. The van der Waals surface area contributed by atoms with Gasteiger partial charge < -0.3 is 10.2 Å². The highest BCUT2D eigenvalue weighted by Gasteiger charge is 2.19. The van der Waals surface area contributed by atoms with Crippen LogP contribution >= 0.6 is 11.8 Å². The molecule has 5 nitrogen and oxygen atoms in total. The first-order chi connectivity index (χ1) is 15.7. The molecule has 1 heterocycles. The number of carbonyl (C=O) groups is 2. The minimum Gasteiger partial charge on any atom is -0.337 e. The van der Waals surface area contributed by atoms with E-state index in [1.54, 1.807) is 12.1 Å². The van der Waals surface area contributed by atoms with E-state index in [2.05, 4.69) is 34.9 Å². The van der Waals surface area contributed by atoms with Crippen LogP contribution in [0.15, 0.2) is 84.9 Å². The Bertz CT molecular complexity index is 998. The van der Waals surface area contributed by atoms with Gasteiger partial charge >= 0.3 is 0 Å². The van der Waals surface area contributed by atoms with Crippen molar-refractivity contribution in [1.82, 2.24) is 10.2 Å². The third-order valence-corrected chi connectivity index (χ3v) is 6.37. The molecule has 0 radical (unpaired) electrons. The van der Waals surface area contributed by atoms with Crippen LogP contribution in [0.2, 0.25) is 0 Å². The van der Waals surface area contributed by atoms with Gasteiger partial charge in [-0.25, -0.2) is 0 Å². The normalized spacial score (nSPS) is 13.7. The molecule has 1 saturated heterocycles. The molecule has 2 amide bonds. The molecular formula is C26H27N3O2S. The molecular weight excluding hydrogens is 418 g/mol. The van der Waals surface area contributed by atoms with Crippen molar-refractivity contribution in [3.63, 3.8) is 0 Å². The fraction of sp³-hybridized carbons (Fsp3) is 0.231. The zero-order chi connectivity index (χ0) is 22.2. The van der Waals surface area contributed by atoms with Crippen molar-refractivity contribution < 1.29 is 9.59 Å². The average molecular weight is 446 g/mol. The Hall–Kier alpha value is -3.09. The molecule has 3 aromatic rings. The van der Waals surface area contributed by atoms with E-state index in [1.165, 1.54) is 0 Å². The van der Waals surface area contributed by atoms with E-state index in [4.69, 9.17) is 0 Å². The van der Waals surface area contributed by atoms with Gasteiger partial charge in [0, 0.05) is 35.8 Å². The number of hydrogen-bond acceptors (Lipinski definition) is 4. The minimum absolute atomic E-state index is 0.0211.